The summed E-state index contributed by atoms with van der Waals surface area (Å²) >= 11 is 2.01. The van der Waals surface area contributed by atoms with Crippen molar-refractivity contribution in [1.82, 2.24) is 4.90 Å². The number of nitrogens with one attached hydrogen (secondary N) is 1. The molecule has 1 aliphatic carbocycles. The van der Waals surface area contributed by atoms with Crippen molar-refractivity contribution in [2.24, 2.45) is 16.2 Å². The van der Waals surface area contributed by atoms with E-state index in [9.17, 15) is 22.4 Å². The van der Waals surface area contributed by atoms with Crippen LogP contribution in [0.3, 0.4) is 0 Å². The maximum absolute atomic E-state index is 13.5. The number of amides is 1. The summed E-state index contributed by atoms with van der Waals surface area (Å²) in [5.41, 5.74) is 1.04. The normalized spacial score (nSPS) is 26.2. The van der Waals surface area contributed by atoms with E-state index in [1.54, 1.807) is 29.2 Å². The first-order valence-corrected chi connectivity index (χ1v) is 12.8. The minimum Gasteiger partial charge on any atom is -0.341 e. The zero-order valence-electron chi connectivity index (χ0n) is 16.8. The van der Waals surface area contributed by atoms with E-state index >= 15 is 0 Å². The largest absolute Gasteiger partial charge is 0.341 e. The van der Waals surface area contributed by atoms with E-state index in [-0.39, 0.29) is 40.8 Å². The van der Waals surface area contributed by atoms with Crippen LogP contribution in [-0.4, -0.2) is 36.9 Å². The summed E-state index contributed by atoms with van der Waals surface area (Å²) in [5, 5.41) is 2.93. The first-order chi connectivity index (χ1) is 15.2. The zero-order valence-corrected chi connectivity index (χ0v) is 19.8. The molecular weight excluding hydrogens is 548 g/mol. The Labute approximate surface area is 198 Å². The molecule has 166 valence electrons. The van der Waals surface area contributed by atoms with Gasteiger partial charge in [0, 0.05) is 22.1 Å². The number of hydrogen-bond donors (Lipinski definition) is 1. The van der Waals surface area contributed by atoms with Crippen molar-refractivity contribution < 1.29 is 22.4 Å². The van der Waals surface area contributed by atoms with Crippen LogP contribution in [-0.2, 0) is 26.2 Å². The lowest BCUT2D eigenvalue weighted by Gasteiger charge is -2.41. The molecule has 1 saturated heterocycles. The first-order valence-electron chi connectivity index (χ1n) is 10.2. The molecule has 0 spiro atoms. The van der Waals surface area contributed by atoms with Gasteiger partial charge in [-0.1, -0.05) is 18.6 Å². The van der Waals surface area contributed by atoms with Crippen molar-refractivity contribution >= 4 is 55.8 Å². The molecule has 2 heterocycles. The van der Waals surface area contributed by atoms with Crippen LogP contribution in [0, 0.1) is 21.2 Å². The number of nitrogens with zero attached hydrogens (tertiary/aromatic N) is 2. The van der Waals surface area contributed by atoms with E-state index in [4.69, 9.17) is 0 Å². The fourth-order valence-electron chi connectivity index (χ4n) is 4.82. The molecule has 3 atom stereocenters. The molecule has 1 unspecified atom stereocenters. The number of sulfonamides is 1. The zero-order chi connectivity index (χ0) is 22.6. The van der Waals surface area contributed by atoms with Crippen molar-refractivity contribution in [3.8, 4) is 0 Å². The molecule has 1 saturated carbocycles. The number of amidine groups is 1. The molecule has 2 aliphatic heterocycles. The number of likely N-dealkylation sites (tertiary alicyclic amines) is 1. The van der Waals surface area contributed by atoms with Gasteiger partial charge in [-0.25, -0.2) is 4.39 Å². The molecular formula is C22H19FIN3O4S. The number of anilines is 1. The van der Waals surface area contributed by atoms with Gasteiger partial charge >= 0.3 is 0 Å². The predicted molar refractivity (Wildman–Crippen MR) is 124 cm³/mol. The minimum absolute atomic E-state index is 0.0192. The molecule has 1 N–H and O–H groups in total. The Morgan fingerprint density at radius 3 is 2.62 bits per heavy atom. The summed E-state index contributed by atoms with van der Waals surface area (Å²) in [6.07, 6.45) is 2.15. The van der Waals surface area contributed by atoms with Gasteiger partial charge in [-0.2, -0.15) is 8.42 Å². The van der Waals surface area contributed by atoms with Crippen LogP contribution in [0.5, 0.6) is 0 Å². The van der Waals surface area contributed by atoms with Gasteiger partial charge in [-0.05, 0) is 71.3 Å². The van der Waals surface area contributed by atoms with E-state index in [0.717, 1.165) is 15.6 Å². The molecule has 0 bridgehead atoms. The number of halogens is 2. The van der Waals surface area contributed by atoms with Crippen LogP contribution in [0.4, 0.5) is 10.1 Å². The van der Waals surface area contributed by atoms with E-state index in [1.165, 1.54) is 18.2 Å². The molecule has 1 amide bonds. The second-order valence-corrected chi connectivity index (χ2v) is 11.1. The number of benzene rings is 2. The number of ketones is 1. The van der Waals surface area contributed by atoms with Gasteiger partial charge in [0.25, 0.3) is 10.0 Å². The van der Waals surface area contributed by atoms with E-state index < -0.39 is 21.8 Å². The Morgan fingerprint density at radius 2 is 1.88 bits per heavy atom. The Kier molecular flexibility index (Phi) is 5.31. The highest BCUT2D eigenvalue weighted by molar-refractivity contribution is 14.1. The lowest BCUT2D eigenvalue weighted by molar-refractivity contribution is -0.149. The monoisotopic (exact) mass is 567 g/mol. The van der Waals surface area contributed by atoms with Gasteiger partial charge in [0.05, 0.1) is 5.69 Å². The summed E-state index contributed by atoms with van der Waals surface area (Å²) in [5.74, 6) is -2.96. The second kappa shape index (κ2) is 7.91. The molecule has 32 heavy (non-hydrogen) atoms. The molecule has 10 heteroatoms. The minimum atomic E-state index is -4.06. The van der Waals surface area contributed by atoms with Crippen LogP contribution >= 0.6 is 22.6 Å². The molecule has 7 nitrogen and oxygen atoms in total. The van der Waals surface area contributed by atoms with Gasteiger partial charge in [0.1, 0.15) is 16.5 Å². The number of fused-ring (bicyclic) bond motifs is 2. The van der Waals surface area contributed by atoms with E-state index in [1.807, 2.05) is 22.6 Å². The lowest BCUT2D eigenvalue weighted by atomic mass is 9.81. The standard InChI is InChI=1S/C22H19FIN3O4S/c23-13-6-4-12(5-7-13)11-27-17-3-1-2-15(17)20(28)19(22(27)29)21-25-16-9-8-14(24)10-18(16)32(30,31)26-21/h4-10,15,17,19H,1-3,11H2,(H,25,26)/t15-,17+,19?/m1/s1. The predicted octanol–water partition coefficient (Wildman–Crippen LogP) is 3.34. The Hall–Kier alpha value is -2.34. The van der Waals surface area contributed by atoms with Gasteiger partial charge in [0.15, 0.2) is 11.7 Å². The SMILES string of the molecule is O=C1C(C2=NS(=O)(=O)c3cc(I)ccc3N2)C(=O)N(Cc2ccc(F)cc2)[C@H]2CCC[C@@H]12. The lowest BCUT2D eigenvalue weighted by Crippen LogP contribution is -2.58. The van der Waals surface area contributed by atoms with Crippen molar-refractivity contribution in [1.29, 1.82) is 0 Å². The molecule has 0 radical (unpaired) electrons. The van der Waals surface area contributed by atoms with Gasteiger partial charge in [-0.15, -0.1) is 4.40 Å². The average molecular weight is 567 g/mol. The van der Waals surface area contributed by atoms with Crippen LogP contribution < -0.4 is 5.32 Å². The third-order valence-electron chi connectivity index (χ3n) is 6.30. The highest BCUT2D eigenvalue weighted by atomic mass is 127. The van der Waals surface area contributed by atoms with Crippen LogP contribution in [0.1, 0.15) is 24.8 Å². The van der Waals surface area contributed by atoms with E-state index in [2.05, 4.69) is 9.71 Å². The molecule has 2 aromatic rings. The van der Waals surface area contributed by atoms with E-state index in [0.29, 0.717) is 18.5 Å². The fraction of sp³-hybridized carbons (Fsp3) is 0.318. The van der Waals surface area contributed by atoms with Gasteiger partial charge in [-0.3, -0.25) is 9.59 Å². The van der Waals surface area contributed by atoms with Crippen molar-refractivity contribution in [2.45, 2.75) is 36.7 Å². The Morgan fingerprint density at radius 1 is 1.12 bits per heavy atom. The highest BCUT2D eigenvalue weighted by Gasteiger charge is 2.52. The van der Waals surface area contributed by atoms with Crippen molar-refractivity contribution in [2.75, 3.05) is 5.32 Å². The number of piperidine rings is 1. The third-order valence-corrected chi connectivity index (χ3v) is 8.30. The van der Waals surface area contributed by atoms with Crippen molar-refractivity contribution in [3.05, 3.63) is 57.4 Å². The average Bonchev–Trinajstić information content (AvgIpc) is 3.23. The topological polar surface area (TPSA) is 95.9 Å². The summed E-state index contributed by atoms with van der Waals surface area (Å²) in [4.78, 5) is 28.5. The van der Waals surface area contributed by atoms with Gasteiger partial charge < -0.3 is 10.2 Å². The number of Topliss-reactive ketones (excluding diaryl/α,β-unsaturated/α-hetero) is 1. The Balaban J connectivity index is 1.53. The summed E-state index contributed by atoms with van der Waals surface area (Å²) in [6.45, 7) is 0.221. The molecule has 5 rings (SSSR count). The molecule has 3 aliphatic rings. The smallest absolute Gasteiger partial charge is 0.286 e. The molecule has 0 aromatic heterocycles. The fourth-order valence-corrected chi connectivity index (χ4v) is 6.70. The molecule has 2 fully saturated rings. The molecule has 2 aromatic carbocycles. The summed E-state index contributed by atoms with van der Waals surface area (Å²) in [7, 11) is -4.06. The second-order valence-electron chi connectivity index (χ2n) is 8.25. The number of hydrogen-bond acceptors (Lipinski definition) is 5. The Bertz CT molecular complexity index is 1260. The first kappa shape index (κ1) is 21.5. The quantitative estimate of drug-likeness (QED) is 0.454. The third kappa shape index (κ3) is 3.62. The van der Waals surface area contributed by atoms with Crippen LogP contribution in [0.2, 0.25) is 0 Å². The highest BCUT2D eigenvalue weighted by Crippen LogP contribution is 2.40. The number of rotatable bonds is 3. The van der Waals surface area contributed by atoms with Gasteiger partial charge in [0.2, 0.25) is 5.91 Å². The summed E-state index contributed by atoms with van der Waals surface area (Å²) < 4.78 is 43.5. The number of carbonyl (C=O) groups is 2. The van der Waals surface area contributed by atoms with Crippen LogP contribution in [0.15, 0.2) is 51.8 Å². The summed E-state index contributed by atoms with van der Waals surface area (Å²) in [6, 6.07) is 10.5. The van der Waals surface area contributed by atoms with Crippen molar-refractivity contribution in [3.63, 3.8) is 0 Å². The number of carbonyl (C=O) groups excluding carboxylic acids is 2. The maximum atomic E-state index is 13.5. The van der Waals surface area contributed by atoms with Crippen LogP contribution in [0.25, 0.3) is 0 Å². The maximum Gasteiger partial charge on any atom is 0.286 e.